The molecule has 1 amide bonds. The maximum absolute atomic E-state index is 12.6. The summed E-state index contributed by atoms with van der Waals surface area (Å²) >= 11 is 1.41. The van der Waals surface area contributed by atoms with Gasteiger partial charge >= 0.3 is 0 Å². The zero-order valence-corrected chi connectivity index (χ0v) is 13.0. The Morgan fingerprint density at radius 1 is 1.57 bits per heavy atom. The zero-order chi connectivity index (χ0) is 15.0. The van der Waals surface area contributed by atoms with Gasteiger partial charge in [0.05, 0.1) is 5.69 Å². The largest absolute Gasteiger partial charge is 0.397 e. The molecule has 1 aliphatic carbocycles. The number of carbonyl (C=O) groups excluding carboxylic acids is 1. The van der Waals surface area contributed by atoms with Crippen molar-refractivity contribution in [2.45, 2.75) is 26.2 Å². The molecule has 3 rings (SSSR count). The van der Waals surface area contributed by atoms with Crippen LogP contribution in [0.5, 0.6) is 0 Å². The summed E-state index contributed by atoms with van der Waals surface area (Å²) in [4.78, 5) is 20.5. The van der Waals surface area contributed by atoms with Crippen LogP contribution in [0.25, 0.3) is 10.2 Å². The highest BCUT2D eigenvalue weighted by Crippen LogP contribution is 2.36. The van der Waals surface area contributed by atoms with Gasteiger partial charge in [0.15, 0.2) is 0 Å². The smallest absolute Gasteiger partial charge is 0.266 e. The van der Waals surface area contributed by atoms with Crippen molar-refractivity contribution in [1.29, 1.82) is 0 Å². The van der Waals surface area contributed by atoms with Gasteiger partial charge in [-0.05, 0) is 37.8 Å². The standard InChI is InChI=1S/C16H19N3OS/c1-3-8-19(4-2)16(20)14-13(17)11-9-10-6-5-7-12(10)18-15(11)21-14/h3,9H,1,4-8,17H2,2H3. The van der Waals surface area contributed by atoms with Crippen LogP contribution in [-0.4, -0.2) is 28.9 Å². The molecular weight excluding hydrogens is 282 g/mol. The normalized spacial score (nSPS) is 13.4. The SMILES string of the molecule is C=CCN(CC)C(=O)c1sc2nc3c(cc2c1N)CCC3. The molecule has 0 spiro atoms. The van der Waals surface area contributed by atoms with Crippen molar-refractivity contribution in [2.75, 3.05) is 18.8 Å². The zero-order valence-electron chi connectivity index (χ0n) is 12.2. The van der Waals surface area contributed by atoms with E-state index in [2.05, 4.69) is 12.6 Å². The van der Waals surface area contributed by atoms with Crippen LogP contribution in [0.2, 0.25) is 0 Å². The number of fused-ring (bicyclic) bond motifs is 2. The van der Waals surface area contributed by atoms with Crippen molar-refractivity contribution in [1.82, 2.24) is 9.88 Å². The van der Waals surface area contributed by atoms with E-state index in [4.69, 9.17) is 10.7 Å². The van der Waals surface area contributed by atoms with Crippen LogP contribution in [0.15, 0.2) is 18.7 Å². The molecule has 0 radical (unpaired) electrons. The Morgan fingerprint density at radius 3 is 3.10 bits per heavy atom. The molecule has 0 unspecified atom stereocenters. The van der Waals surface area contributed by atoms with Crippen LogP contribution in [0.1, 0.15) is 34.3 Å². The number of amides is 1. The molecular formula is C16H19N3OS. The number of nitrogens with two attached hydrogens (primary N) is 1. The summed E-state index contributed by atoms with van der Waals surface area (Å²) in [5.41, 5.74) is 9.24. The number of aromatic nitrogens is 1. The van der Waals surface area contributed by atoms with Crippen molar-refractivity contribution in [3.63, 3.8) is 0 Å². The number of likely N-dealkylation sites (N-methyl/N-ethyl adjacent to an activating group) is 1. The van der Waals surface area contributed by atoms with Crippen molar-refractivity contribution in [2.24, 2.45) is 0 Å². The van der Waals surface area contributed by atoms with Gasteiger partial charge in [-0.1, -0.05) is 6.08 Å². The van der Waals surface area contributed by atoms with Gasteiger partial charge in [-0.3, -0.25) is 4.79 Å². The van der Waals surface area contributed by atoms with Gasteiger partial charge in [0, 0.05) is 24.2 Å². The molecule has 2 N–H and O–H groups in total. The first-order valence-electron chi connectivity index (χ1n) is 7.26. The molecule has 4 nitrogen and oxygen atoms in total. The molecule has 5 heteroatoms. The Hall–Kier alpha value is -1.88. The van der Waals surface area contributed by atoms with Crippen LogP contribution in [0.3, 0.4) is 0 Å². The van der Waals surface area contributed by atoms with E-state index in [1.54, 1.807) is 11.0 Å². The molecule has 21 heavy (non-hydrogen) atoms. The van der Waals surface area contributed by atoms with E-state index in [0.29, 0.717) is 23.7 Å². The van der Waals surface area contributed by atoms with Crippen molar-refractivity contribution in [3.05, 3.63) is 34.9 Å². The lowest BCUT2D eigenvalue weighted by Gasteiger charge is -2.18. The fourth-order valence-electron chi connectivity index (χ4n) is 2.81. The van der Waals surface area contributed by atoms with E-state index in [1.807, 2.05) is 6.92 Å². The van der Waals surface area contributed by atoms with Gasteiger partial charge in [-0.2, -0.15) is 0 Å². The number of pyridine rings is 1. The second-order valence-electron chi connectivity index (χ2n) is 5.28. The first-order chi connectivity index (χ1) is 10.2. The summed E-state index contributed by atoms with van der Waals surface area (Å²) in [6.45, 7) is 6.83. The first-order valence-corrected chi connectivity index (χ1v) is 8.08. The molecule has 0 bridgehead atoms. The van der Waals surface area contributed by atoms with E-state index in [1.165, 1.54) is 22.6 Å². The molecule has 0 aromatic carbocycles. The molecule has 0 aliphatic heterocycles. The lowest BCUT2D eigenvalue weighted by Crippen LogP contribution is -2.30. The second kappa shape index (κ2) is 5.48. The van der Waals surface area contributed by atoms with Crippen LogP contribution < -0.4 is 5.73 Å². The third-order valence-electron chi connectivity index (χ3n) is 3.96. The number of rotatable bonds is 4. The van der Waals surface area contributed by atoms with E-state index in [-0.39, 0.29) is 5.91 Å². The van der Waals surface area contributed by atoms with Gasteiger partial charge < -0.3 is 10.6 Å². The van der Waals surface area contributed by atoms with E-state index in [0.717, 1.165) is 29.5 Å². The van der Waals surface area contributed by atoms with Crippen LogP contribution in [0.4, 0.5) is 5.69 Å². The van der Waals surface area contributed by atoms with Gasteiger partial charge in [0.2, 0.25) is 0 Å². The number of carbonyl (C=O) groups is 1. The Bertz CT molecular complexity index is 720. The quantitative estimate of drug-likeness (QED) is 0.883. The van der Waals surface area contributed by atoms with E-state index < -0.39 is 0 Å². The molecule has 0 saturated carbocycles. The molecule has 2 aromatic heterocycles. The summed E-state index contributed by atoms with van der Waals surface area (Å²) in [6, 6.07) is 2.12. The molecule has 0 fully saturated rings. The first kappa shape index (κ1) is 14.1. The summed E-state index contributed by atoms with van der Waals surface area (Å²) in [5, 5.41) is 0.929. The number of anilines is 1. The molecule has 2 heterocycles. The second-order valence-corrected chi connectivity index (χ2v) is 6.28. The third-order valence-corrected chi connectivity index (χ3v) is 5.07. The van der Waals surface area contributed by atoms with Gasteiger partial charge in [0.25, 0.3) is 5.91 Å². The predicted molar refractivity (Wildman–Crippen MR) is 87.8 cm³/mol. The predicted octanol–water partition coefficient (Wildman–Crippen LogP) is 3.02. The highest BCUT2D eigenvalue weighted by atomic mass is 32.1. The summed E-state index contributed by atoms with van der Waals surface area (Å²) in [6.07, 6.45) is 4.99. The number of thiophene rings is 1. The summed E-state index contributed by atoms with van der Waals surface area (Å²) in [7, 11) is 0. The Balaban J connectivity index is 2.05. The lowest BCUT2D eigenvalue weighted by atomic mass is 10.1. The van der Waals surface area contributed by atoms with Crippen LogP contribution in [0, 0.1) is 0 Å². The van der Waals surface area contributed by atoms with Crippen molar-refractivity contribution in [3.8, 4) is 0 Å². The topological polar surface area (TPSA) is 59.2 Å². The minimum atomic E-state index is -0.0296. The number of nitrogen functional groups attached to an aromatic ring is 1. The molecule has 0 atom stereocenters. The molecule has 1 aliphatic rings. The highest BCUT2D eigenvalue weighted by molar-refractivity contribution is 7.21. The number of hydrogen-bond acceptors (Lipinski definition) is 4. The average molecular weight is 301 g/mol. The fourth-order valence-corrected chi connectivity index (χ4v) is 3.88. The average Bonchev–Trinajstić information content (AvgIpc) is 3.06. The van der Waals surface area contributed by atoms with Crippen molar-refractivity contribution >= 4 is 33.1 Å². The minimum Gasteiger partial charge on any atom is -0.397 e. The number of nitrogens with zero attached hydrogens (tertiary/aromatic N) is 2. The Labute approximate surface area is 128 Å². The highest BCUT2D eigenvalue weighted by Gasteiger charge is 2.23. The maximum atomic E-state index is 12.6. The monoisotopic (exact) mass is 301 g/mol. The summed E-state index contributed by atoms with van der Waals surface area (Å²) < 4.78 is 0. The maximum Gasteiger partial charge on any atom is 0.266 e. The lowest BCUT2D eigenvalue weighted by molar-refractivity contribution is 0.0788. The van der Waals surface area contributed by atoms with Crippen LogP contribution in [-0.2, 0) is 12.8 Å². The number of aryl methyl sites for hydroxylation is 2. The van der Waals surface area contributed by atoms with Crippen LogP contribution >= 0.6 is 11.3 Å². The summed E-state index contributed by atoms with van der Waals surface area (Å²) in [5.74, 6) is -0.0296. The fraction of sp³-hybridized carbons (Fsp3) is 0.375. The number of hydrogen-bond donors (Lipinski definition) is 1. The molecule has 0 saturated heterocycles. The van der Waals surface area contributed by atoms with E-state index >= 15 is 0 Å². The molecule has 2 aromatic rings. The minimum absolute atomic E-state index is 0.0296. The van der Waals surface area contributed by atoms with E-state index in [9.17, 15) is 4.79 Å². The molecule has 110 valence electrons. The third kappa shape index (κ3) is 2.31. The van der Waals surface area contributed by atoms with Gasteiger partial charge in [0.1, 0.15) is 9.71 Å². The Morgan fingerprint density at radius 2 is 2.38 bits per heavy atom. The van der Waals surface area contributed by atoms with Crippen molar-refractivity contribution < 1.29 is 4.79 Å². The van der Waals surface area contributed by atoms with Gasteiger partial charge in [-0.15, -0.1) is 17.9 Å². The Kier molecular flexibility index (Phi) is 3.68. The van der Waals surface area contributed by atoms with Gasteiger partial charge in [-0.25, -0.2) is 4.98 Å².